The van der Waals surface area contributed by atoms with E-state index in [0.29, 0.717) is 17.1 Å². The van der Waals surface area contributed by atoms with Gasteiger partial charge in [0.1, 0.15) is 17.0 Å². The quantitative estimate of drug-likeness (QED) is 0.613. The molecule has 0 bridgehead atoms. The number of aromatic carboxylic acids is 1. The van der Waals surface area contributed by atoms with E-state index in [0.717, 1.165) is 23.0 Å². The van der Waals surface area contributed by atoms with Gasteiger partial charge in [-0.3, -0.25) is 9.48 Å². The molecule has 1 amide bonds. The molecule has 0 saturated heterocycles. The van der Waals surface area contributed by atoms with Crippen molar-refractivity contribution in [2.75, 3.05) is 5.32 Å². The van der Waals surface area contributed by atoms with Crippen LogP contribution in [0.3, 0.4) is 0 Å². The SMILES string of the molecule is Cc1nn(COc2cccc(C(F)(F)F)c2)c(C)c1NC(=O)c1c(C(=O)O)cnn1C. The van der Waals surface area contributed by atoms with E-state index in [4.69, 9.17) is 4.74 Å². The first kappa shape index (κ1) is 21.9. The molecule has 0 aliphatic heterocycles. The summed E-state index contributed by atoms with van der Waals surface area (Å²) in [5, 5.41) is 19.9. The number of hydrogen-bond donors (Lipinski definition) is 2. The molecular weight excluding hydrogens is 419 g/mol. The Morgan fingerprint density at radius 1 is 1.26 bits per heavy atom. The van der Waals surface area contributed by atoms with Crippen molar-refractivity contribution in [1.29, 1.82) is 0 Å². The first-order valence-electron chi connectivity index (χ1n) is 8.89. The van der Waals surface area contributed by atoms with Crippen molar-refractivity contribution in [2.24, 2.45) is 7.05 Å². The highest BCUT2D eigenvalue weighted by molar-refractivity contribution is 6.09. The van der Waals surface area contributed by atoms with Gasteiger partial charge in [-0.05, 0) is 32.0 Å². The lowest BCUT2D eigenvalue weighted by Crippen LogP contribution is -2.20. The summed E-state index contributed by atoms with van der Waals surface area (Å²) in [4.78, 5) is 23.9. The highest BCUT2D eigenvalue weighted by Crippen LogP contribution is 2.31. The number of carbonyl (C=O) groups excluding carboxylic acids is 1. The Morgan fingerprint density at radius 3 is 2.61 bits per heavy atom. The second-order valence-corrected chi connectivity index (χ2v) is 6.63. The topological polar surface area (TPSA) is 111 Å². The van der Waals surface area contributed by atoms with Gasteiger partial charge < -0.3 is 15.2 Å². The van der Waals surface area contributed by atoms with E-state index in [1.54, 1.807) is 13.8 Å². The van der Waals surface area contributed by atoms with Crippen LogP contribution in [0.25, 0.3) is 0 Å². The third kappa shape index (κ3) is 4.52. The number of benzene rings is 1. The Hall–Kier alpha value is -3.83. The van der Waals surface area contributed by atoms with Crippen LogP contribution in [-0.4, -0.2) is 36.5 Å². The zero-order valence-electron chi connectivity index (χ0n) is 16.7. The van der Waals surface area contributed by atoms with Gasteiger partial charge in [0.05, 0.1) is 28.8 Å². The van der Waals surface area contributed by atoms with Crippen LogP contribution in [0.2, 0.25) is 0 Å². The molecule has 3 rings (SSSR count). The number of ether oxygens (including phenoxy) is 1. The molecule has 164 valence electrons. The normalized spacial score (nSPS) is 11.4. The van der Waals surface area contributed by atoms with Gasteiger partial charge in [-0.15, -0.1) is 0 Å². The summed E-state index contributed by atoms with van der Waals surface area (Å²) in [6.07, 6.45) is -3.42. The monoisotopic (exact) mass is 437 g/mol. The van der Waals surface area contributed by atoms with E-state index in [1.807, 2.05) is 0 Å². The summed E-state index contributed by atoms with van der Waals surface area (Å²) in [7, 11) is 1.44. The molecule has 0 fully saturated rings. The number of carbonyl (C=O) groups is 2. The van der Waals surface area contributed by atoms with Crippen molar-refractivity contribution in [1.82, 2.24) is 19.6 Å². The molecule has 0 spiro atoms. The standard InChI is InChI=1S/C19H18F3N5O4/c1-10-15(24-17(28)16-14(18(29)30)8-23-26(16)3)11(2)27(25-10)9-31-13-6-4-5-12(7-13)19(20,21)22/h4-8H,9H2,1-3H3,(H,24,28)(H,29,30). The fourth-order valence-electron chi connectivity index (χ4n) is 2.94. The third-order valence-electron chi connectivity index (χ3n) is 4.52. The number of halogens is 3. The van der Waals surface area contributed by atoms with Gasteiger partial charge in [0, 0.05) is 7.05 Å². The summed E-state index contributed by atoms with van der Waals surface area (Å²) in [6, 6.07) is 4.44. The van der Waals surface area contributed by atoms with Crippen molar-refractivity contribution in [2.45, 2.75) is 26.8 Å². The maximum Gasteiger partial charge on any atom is 0.416 e. The number of anilines is 1. The van der Waals surface area contributed by atoms with E-state index in [1.165, 1.54) is 23.9 Å². The molecule has 0 unspecified atom stereocenters. The Labute approximate surface area is 174 Å². The minimum Gasteiger partial charge on any atom is -0.478 e. The van der Waals surface area contributed by atoms with E-state index >= 15 is 0 Å². The van der Waals surface area contributed by atoms with Crippen molar-refractivity contribution in [3.63, 3.8) is 0 Å². The van der Waals surface area contributed by atoms with Crippen molar-refractivity contribution < 1.29 is 32.6 Å². The largest absolute Gasteiger partial charge is 0.478 e. The zero-order valence-corrected chi connectivity index (χ0v) is 16.7. The fourth-order valence-corrected chi connectivity index (χ4v) is 2.94. The highest BCUT2D eigenvalue weighted by atomic mass is 19.4. The molecule has 0 aliphatic carbocycles. The van der Waals surface area contributed by atoms with E-state index in [-0.39, 0.29) is 23.7 Å². The van der Waals surface area contributed by atoms with Crippen LogP contribution in [0, 0.1) is 13.8 Å². The number of nitrogens with zero attached hydrogens (tertiary/aromatic N) is 4. The van der Waals surface area contributed by atoms with Crippen molar-refractivity contribution in [3.8, 4) is 5.75 Å². The number of carboxylic acids is 1. The molecule has 3 aromatic rings. The molecule has 0 radical (unpaired) electrons. The number of nitrogens with one attached hydrogen (secondary N) is 1. The van der Waals surface area contributed by atoms with Gasteiger partial charge in [0.15, 0.2) is 6.73 Å². The van der Waals surface area contributed by atoms with E-state index < -0.39 is 23.6 Å². The Kier molecular flexibility index (Phi) is 5.73. The van der Waals surface area contributed by atoms with E-state index in [2.05, 4.69) is 15.5 Å². The van der Waals surface area contributed by atoms with Crippen molar-refractivity contribution >= 4 is 17.6 Å². The van der Waals surface area contributed by atoms with Gasteiger partial charge in [0.25, 0.3) is 5.91 Å². The first-order chi connectivity index (χ1) is 14.5. The Balaban J connectivity index is 1.78. The molecule has 9 nitrogen and oxygen atoms in total. The molecular formula is C19H18F3N5O4. The average molecular weight is 437 g/mol. The van der Waals surface area contributed by atoms with Crippen molar-refractivity contribution in [3.05, 3.63) is 58.7 Å². The van der Waals surface area contributed by atoms with Gasteiger partial charge in [-0.1, -0.05) is 6.07 Å². The molecule has 2 N–H and O–H groups in total. The Morgan fingerprint density at radius 2 is 1.97 bits per heavy atom. The number of amides is 1. The molecule has 1 aromatic carbocycles. The zero-order chi connectivity index (χ0) is 22.9. The summed E-state index contributed by atoms with van der Waals surface area (Å²) in [6.45, 7) is 3.05. The second-order valence-electron chi connectivity index (χ2n) is 6.63. The number of rotatable bonds is 6. The maximum absolute atomic E-state index is 12.8. The predicted octanol–water partition coefficient (Wildman–Crippen LogP) is 3.24. The predicted molar refractivity (Wildman–Crippen MR) is 102 cm³/mol. The number of alkyl halides is 3. The summed E-state index contributed by atoms with van der Waals surface area (Å²) < 4.78 is 46.5. The molecule has 0 saturated carbocycles. The number of hydrogen-bond acceptors (Lipinski definition) is 5. The molecule has 2 heterocycles. The van der Waals surface area contributed by atoms with Gasteiger partial charge in [-0.25, -0.2) is 9.48 Å². The molecule has 12 heteroatoms. The lowest BCUT2D eigenvalue weighted by Gasteiger charge is -2.11. The van der Waals surface area contributed by atoms with Crippen LogP contribution in [0.5, 0.6) is 5.75 Å². The van der Waals surface area contributed by atoms with Gasteiger partial charge in [-0.2, -0.15) is 23.4 Å². The van der Waals surface area contributed by atoms with Crippen LogP contribution in [0.4, 0.5) is 18.9 Å². The summed E-state index contributed by atoms with van der Waals surface area (Å²) >= 11 is 0. The molecule has 2 aromatic heterocycles. The fraction of sp³-hybridized carbons (Fsp3) is 0.263. The van der Waals surface area contributed by atoms with Crippen LogP contribution in [-0.2, 0) is 20.0 Å². The van der Waals surface area contributed by atoms with Crippen LogP contribution >= 0.6 is 0 Å². The van der Waals surface area contributed by atoms with Gasteiger partial charge in [0.2, 0.25) is 0 Å². The lowest BCUT2D eigenvalue weighted by molar-refractivity contribution is -0.137. The number of carboxylic acid groups (broad SMARTS) is 1. The van der Waals surface area contributed by atoms with Crippen LogP contribution in [0.1, 0.15) is 37.8 Å². The molecule has 0 atom stereocenters. The number of aryl methyl sites for hydroxylation is 2. The first-order valence-corrected chi connectivity index (χ1v) is 8.89. The summed E-state index contributed by atoms with van der Waals surface area (Å²) in [5.74, 6) is -1.98. The Bertz CT molecular complexity index is 1150. The van der Waals surface area contributed by atoms with Gasteiger partial charge >= 0.3 is 12.1 Å². The average Bonchev–Trinajstić information content (AvgIpc) is 3.21. The molecule has 0 aliphatic rings. The molecule has 31 heavy (non-hydrogen) atoms. The minimum absolute atomic E-state index is 0.00829. The minimum atomic E-state index is -4.49. The second kappa shape index (κ2) is 8.13. The van der Waals surface area contributed by atoms with E-state index in [9.17, 15) is 27.9 Å². The maximum atomic E-state index is 12.8. The summed E-state index contributed by atoms with van der Waals surface area (Å²) in [5.41, 5.74) is -0.0174. The lowest BCUT2D eigenvalue weighted by atomic mass is 10.2. The highest BCUT2D eigenvalue weighted by Gasteiger charge is 2.30. The third-order valence-corrected chi connectivity index (χ3v) is 4.52. The van der Waals surface area contributed by atoms with Crippen LogP contribution < -0.4 is 10.1 Å². The van der Waals surface area contributed by atoms with Crippen LogP contribution in [0.15, 0.2) is 30.5 Å². The number of aromatic nitrogens is 4. The smallest absolute Gasteiger partial charge is 0.416 e.